The van der Waals surface area contributed by atoms with Gasteiger partial charge in [-0.2, -0.15) is 0 Å². The fourth-order valence-corrected chi connectivity index (χ4v) is 2.77. The molecule has 0 radical (unpaired) electrons. The minimum absolute atomic E-state index is 0.189. The monoisotopic (exact) mass is 343 g/mol. The summed E-state index contributed by atoms with van der Waals surface area (Å²) in [6.45, 7) is 8.42. The predicted molar refractivity (Wildman–Crippen MR) is 86.3 cm³/mol. The van der Waals surface area contributed by atoms with Crippen LogP contribution in [0.3, 0.4) is 0 Å². The second-order valence-electron chi connectivity index (χ2n) is 6.79. The van der Waals surface area contributed by atoms with Gasteiger partial charge in [-0.1, -0.05) is 13.8 Å². The number of carbonyl (C=O) groups excluding carboxylic acids is 2. The van der Waals surface area contributed by atoms with Crippen LogP contribution in [0.5, 0.6) is 0 Å². The topological polar surface area (TPSA) is 74.3 Å². The van der Waals surface area contributed by atoms with E-state index in [1.54, 1.807) is 11.8 Å². The zero-order valence-electron chi connectivity index (χ0n) is 14.9. The molecule has 7 nitrogen and oxygen atoms in total. The molecule has 2 rings (SSSR count). The van der Waals surface area contributed by atoms with Crippen molar-refractivity contribution in [3.63, 3.8) is 0 Å². The maximum atomic E-state index is 12.2. The summed E-state index contributed by atoms with van der Waals surface area (Å²) in [7, 11) is 0. The maximum Gasteiger partial charge on any atom is 0.335 e. The van der Waals surface area contributed by atoms with Crippen LogP contribution in [0.15, 0.2) is 0 Å². The molecule has 1 spiro atoms. The van der Waals surface area contributed by atoms with Gasteiger partial charge in [-0.05, 0) is 19.3 Å². The van der Waals surface area contributed by atoms with Crippen molar-refractivity contribution in [2.24, 2.45) is 5.92 Å². The molecule has 2 aliphatic rings. The van der Waals surface area contributed by atoms with Gasteiger partial charge in [0, 0.05) is 32.5 Å². The number of rotatable bonds is 7. The van der Waals surface area contributed by atoms with Crippen molar-refractivity contribution in [2.75, 3.05) is 39.5 Å². The summed E-state index contributed by atoms with van der Waals surface area (Å²) in [6, 6.07) is 0. The maximum absolute atomic E-state index is 12.2. The van der Waals surface area contributed by atoms with Crippen molar-refractivity contribution in [3.05, 3.63) is 0 Å². The van der Waals surface area contributed by atoms with Crippen molar-refractivity contribution in [1.29, 1.82) is 0 Å². The van der Waals surface area contributed by atoms with Gasteiger partial charge in [0.25, 0.3) is 5.91 Å². The molecule has 1 unspecified atom stereocenters. The third-order valence-corrected chi connectivity index (χ3v) is 4.42. The van der Waals surface area contributed by atoms with Crippen molar-refractivity contribution >= 4 is 11.9 Å². The molecule has 24 heavy (non-hydrogen) atoms. The number of amides is 1. The van der Waals surface area contributed by atoms with Crippen LogP contribution < -0.4 is 0 Å². The number of hydrogen-bond acceptors (Lipinski definition) is 6. The molecule has 2 aliphatic heterocycles. The van der Waals surface area contributed by atoms with Crippen molar-refractivity contribution < 1.29 is 28.5 Å². The molecular formula is C17H29NO6. The normalized spacial score (nSPS) is 21.2. The Morgan fingerprint density at radius 1 is 1.12 bits per heavy atom. The van der Waals surface area contributed by atoms with E-state index in [-0.39, 0.29) is 12.5 Å². The van der Waals surface area contributed by atoms with Gasteiger partial charge < -0.3 is 23.8 Å². The van der Waals surface area contributed by atoms with Gasteiger partial charge in [0.2, 0.25) is 0 Å². The fraction of sp³-hybridized carbons (Fsp3) is 0.882. The average Bonchev–Trinajstić information content (AvgIpc) is 3.00. The highest BCUT2D eigenvalue weighted by atomic mass is 16.7. The van der Waals surface area contributed by atoms with Crippen LogP contribution in [0.1, 0.15) is 40.0 Å². The Morgan fingerprint density at radius 2 is 1.75 bits per heavy atom. The number of carbonyl (C=O) groups is 2. The van der Waals surface area contributed by atoms with Gasteiger partial charge in [-0.25, -0.2) is 4.79 Å². The third kappa shape index (κ3) is 5.43. The van der Waals surface area contributed by atoms with Gasteiger partial charge in [0.1, 0.15) is 0 Å². The van der Waals surface area contributed by atoms with Gasteiger partial charge >= 0.3 is 5.97 Å². The molecule has 0 aromatic heterocycles. The number of piperidine rings is 1. The largest absolute Gasteiger partial charge is 0.454 e. The van der Waals surface area contributed by atoms with E-state index in [9.17, 15) is 9.59 Å². The quantitative estimate of drug-likeness (QED) is 0.650. The number of hydrogen-bond donors (Lipinski definition) is 0. The van der Waals surface area contributed by atoms with Crippen molar-refractivity contribution in [2.45, 2.75) is 51.9 Å². The van der Waals surface area contributed by atoms with E-state index in [4.69, 9.17) is 18.9 Å². The second kappa shape index (κ2) is 8.78. The molecule has 1 amide bonds. The third-order valence-electron chi connectivity index (χ3n) is 4.42. The van der Waals surface area contributed by atoms with Crippen molar-refractivity contribution in [3.8, 4) is 0 Å². The molecular weight excluding hydrogens is 314 g/mol. The number of likely N-dealkylation sites (tertiary alicyclic amines) is 1. The van der Waals surface area contributed by atoms with E-state index in [0.717, 1.165) is 6.42 Å². The van der Waals surface area contributed by atoms with Gasteiger partial charge in [0.05, 0.1) is 13.2 Å². The second-order valence-corrected chi connectivity index (χ2v) is 6.79. The van der Waals surface area contributed by atoms with Crippen LogP contribution in [0.2, 0.25) is 0 Å². The SMILES string of the molecule is CC(C)CCOC(C)C(=O)OCC(=O)N1CCC2(CC1)OCCO2. The molecule has 0 N–H and O–H groups in total. The Morgan fingerprint density at radius 3 is 2.33 bits per heavy atom. The average molecular weight is 343 g/mol. The molecule has 138 valence electrons. The lowest BCUT2D eigenvalue weighted by Crippen LogP contribution is -2.48. The smallest absolute Gasteiger partial charge is 0.335 e. The number of ether oxygens (including phenoxy) is 4. The summed E-state index contributed by atoms with van der Waals surface area (Å²) in [6.07, 6.45) is 1.54. The first kappa shape index (κ1) is 19.1. The lowest BCUT2D eigenvalue weighted by molar-refractivity contribution is -0.189. The Hall–Kier alpha value is -1.18. The van der Waals surface area contributed by atoms with E-state index in [1.807, 2.05) is 0 Å². The van der Waals surface area contributed by atoms with Crippen LogP contribution >= 0.6 is 0 Å². The van der Waals surface area contributed by atoms with Crippen molar-refractivity contribution in [1.82, 2.24) is 4.90 Å². The summed E-state index contributed by atoms with van der Waals surface area (Å²) in [5, 5.41) is 0. The molecule has 2 saturated heterocycles. The first-order valence-electron chi connectivity index (χ1n) is 8.76. The Labute approximate surface area is 143 Å². The zero-order valence-corrected chi connectivity index (χ0v) is 14.9. The molecule has 0 aliphatic carbocycles. The molecule has 2 fully saturated rings. The van der Waals surface area contributed by atoms with Gasteiger partial charge in [-0.15, -0.1) is 0 Å². The summed E-state index contributed by atoms with van der Waals surface area (Å²) in [5.41, 5.74) is 0. The molecule has 0 saturated carbocycles. The highest BCUT2D eigenvalue weighted by molar-refractivity contribution is 5.82. The van der Waals surface area contributed by atoms with Crippen LogP contribution in [0.25, 0.3) is 0 Å². The van der Waals surface area contributed by atoms with E-state index in [2.05, 4.69) is 13.8 Å². The highest BCUT2D eigenvalue weighted by Gasteiger charge is 2.40. The van der Waals surface area contributed by atoms with Crippen LogP contribution in [0, 0.1) is 5.92 Å². The lowest BCUT2D eigenvalue weighted by atomic mass is 10.0. The van der Waals surface area contributed by atoms with Crippen LogP contribution in [-0.4, -0.2) is 68.2 Å². The fourth-order valence-electron chi connectivity index (χ4n) is 2.77. The summed E-state index contributed by atoms with van der Waals surface area (Å²) < 4.78 is 21.8. The van der Waals surface area contributed by atoms with Gasteiger partial charge in [0.15, 0.2) is 18.5 Å². The minimum atomic E-state index is -0.651. The van der Waals surface area contributed by atoms with E-state index >= 15 is 0 Å². The summed E-state index contributed by atoms with van der Waals surface area (Å²) in [5.74, 6) is -0.676. The minimum Gasteiger partial charge on any atom is -0.454 e. The molecule has 0 aromatic carbocycles. The lowest BCUT2D eigenvalue weighted by Gasteiger charge is -2.37. The van der Waals surface area contributed by atoms with Crippen LogP contribution in [0.4, 0.5) is 0 Å². The van der Waals surface area contributed by atoms with E-state index < -0.39 is 17.9 Å². The molecule has 0 bridgehead atoms. The first-order valence-corrected chi connectivity index (χ1v) is 8.76. The Bertz CT molecular complexity index is 423. The number of nitrogens with zero attached hydrogens (tertiary/aromatic N) is 1. The molecule has 2 heterocycles. The van der Waals surface area contributed by atoms with E-state index in [1.165, 1.54) is 0 Å². The molecule has 7 heteroatoms. The van der Waals surface area contributed by atoms with Gasteiger partial charge in [-0.3, -0.25) is 4.79 Å². The summed E-state index contributed by atoms with van der Waals surface area (Å²) >= 11 is 0. The Kier molecular flexibility index (Phi) is 7.01. The zero-order chi connectivity index (χ0) is 17.6. The predicted octanol–water partition coefficient (Wildman–Crippen LogP) is 1.35. The first-order chi connectivity index (χ1) is 11.4. The molecule has 0 aromatic rings. The van der Waals surface area contributed by atoms with Crippen LogP contribution in [-0.2, 0) is 28.5 Å². The molecule has 1 atom stereocenters. The standard InChI is InChI=1S/C17H29NO6/c1-13(2)4-9-21-14(3)16(20)22-12-15(19)18-7-5-17(6-8-18)23-10-11-24-17/h13-14H,4-12H2,1-3H3. The number of esters is 1. The highest BCUT2D eigenvalue weighted by Crippen LogP contribution is 2.31. The summed E-state index contributed by atoms with van der Waals surface area (Å²) in [4.78, 5) is 25.7. The Balaban J connectivity index is 1.64. The van der Waals surface area contributed by atoms with E-state index in [0.29, 0.717) is 51.7 Å².